The number of amides is 1. The average Bonchev–Trinajstić information content (AvgIpc) is 2.79. The van der Waals surface area contributed by atoms with Crippen molar-refractivity contribution in [2.75, 3.05) is 6.61 Å². The summed E-state index contributed by atoms with van der Waals surface area (Å²) in [4.78, 5) is 12.6. The number of hydrogen-bond donors (Lipinski definition) is 1. The van der Waals surface area contributed by atoms with Crippen LogP contribution in [0.25, 0.3) is 0 Å². The molecule has 3 aromatic rings. The topological polar surface area (TPSA) is 50.7 Å². The van der Waals surface area contributed by atoms with Crippen molar-refractivity contribution in [3.8, 4) is 5.75 Å². The number of hydrogen-bond acceptors (Lipinski definition) is 3. The van der Waals surface area contributed by atoms with Crippen molar-refractivity contribution in [3.05, 3.63) is 102 Å². The van der Waals surface area contributed by atoms with Crippen LogP contribution in [0.3, 0.4) is 0 Å². The molecular weight excluding hydrogens is 384 g/mol. The van der Waals surface area contributed by atoms with Gasteiger partial charge in [-0.05, 0) is 54.7 Å². The molecule has 0 aliphatic carbocycles. The normalized spacial score (nSPS) is 11.6. The lowest BCUT2D eigenvalue weighted by atomic mass is 9.88. The van der Waals surface area contributed by atoms with Gasteiger partial charge in [-0.25, -0.2) is 5.43 Å². The van der Waals surface area contributed by atoms with Crippen molar-refractivity contribution in [1.29, 1.82) is 0 Å². The molecule has 3 aromatic carbocycles. The first-order valence-electron chi connectivity index (χ1n) is 10.7. The van der Waals surface area contributed by atoms with E-state index in [1.54, 1.807) is 12.1 Å². The van der Waals surface area contributed by atoms with Gasteiger partial charge < -0.3 is 4.74 Å². The molecule has 1 N–H and O–H groups in total. The quantitative estimate of drug-likeness (QED) is 0.342. The first kappa shape index (κ1) is 22.3. The Bertz CT molecular complexity index is 941. The number of hydrazone groups is 1. The molecule has 0 unspecified atom stereocenters. The molecule has 160 valence electrons. The van der Waals surface area contributed by atoms with Gasteiger partial charge in [0.25, 0.3) is 5.91 Å². The Morgan fingerprint density at radius 1 is 0.871 bits per heavy atom. The highest BCUT2D eigenvalue weighted by Crippen LogP contribution is 2.26. The maximum atomic E-state index is 12.6. The summed E-state index contributed by atoms with van der Waals surface area (Å²) in [5.74, 6) is 1.10. The molecule has 0 saturated heterocycles. The molecule has 0 aromatic heterocycles. The van der Waals surface area contributed by atoms with Crippen molar-refractivity contribution < 1.29 is 9.53 Å². The lowest BCUT2D eigenvalue weighted by Crippen LogP contribution is -2.21. The summed E-state index contributed by atoms with van der Waals surface area (Å²) < 4.78 is 5.72. The van der Waals surface area contributed by atoms with Crippen molar-refractivity contribution >= 4 is 11.6 Å². The van der Waals surface area contributed by atoms with Crippen LogP contribution in [0.15, 0.2) is 90.0 Å². The van der Waals surface area contributed by atoms with Gasteiger partial charge in [0.2, 0.25) is 0 Å². The van der Waals surface area contributed by atoms with E-state index in [0.717, 1.165) is 29.0 Å². The third kappa shape index (κ3) is 6.54. The SMILES string of the molecule is C/C(=N\NC(=O)c1ccc(OCCC(C)C)cc1)C(c1ccccc1)c1ccccc1. The van der Waals surface area contributed by atoms with E-state index in [9.17, 15) is 4.79 Å². The highest BCUT2D eigenvalue weighted by molar-refractivity contribution is 5.97. The molecule has 1 amide bonds. The van der Waals surface area contributed by atoms with Crippen molar-refractivity contribution in [3.63, 3.8) is 0 Å². The highest BCUT2D eigenvalue weighted by Gasteiger charge is 2.17. The Morgan fingerprint density at radius 2 is 1.42 bits per heavy atom. The van der Waals surface area contributed by atoms with E-state index in [0.29, 0.717) is 18.1 Å². The molecule has 0 saturated carbocycles. The number of nitrogens with one attached hydrogen (secondary N) is 1. The largest absolute Gasteiger partial charge is 0.494 e. The van der Waals surface area contributed by atoms with Crippen LogP contribution in [-0.2, 0) is 0 Å². The van der Waals surface area contributed by atoms with Gasteiger partial charge in [0, 0.05) is 17.2 Å². The summed E-state index contributed by atoms with van der Waals surface area (Å²) in [7, 11) is 0. The number of carbonyl (C=O) groups excluding carboxylic acids is 1. The van der Waals surface area contributed by atoms with Crippen LogP contribution in [0, 0.1) is 5.92 Å². The van der Waals surface area contributed by atoms with E-state index in [1.807, 2.05) is 55.5 Å². The van der Waals surface area contributed by atoms with Gasteiger partial charge in [-0.1, -0.05) is 74.5 Å². The third-order valence-corrected chi connectivity index (χ3v) is 5.10. The van der Waals surface area contributed by atoms with E-state index in [2.05, 4.69) is 48.6 Å². The zero-order valence-corrected chi connectivity index (χ0v) is 18.4. The highest BCUT2D eigenvalue weighted by atomic mass is 16.5. The number of ether oxygens (including phenoxy) is 1. The predicted octanol–water partition coefficient (Wildman–Crippen LogP) is 6.05. The second kappa shape index (κ2) is 11.1. The molecular formula is C27H30N2O2. The van der Waals surface area contributed by atoms with Crippen LogP contribution in [0.5, 0.6) is 5.75 Å². The first-order chi connectivity index (χ1) is 15.0. The maximum absolute atomic E-state index is 12.6. The van der Waals surface area contributed by atoms with Gasteiger partial charge in [-0.2, -0.15) is 5.10 Å². The molecule has 0 atom stereocenters. The molecule has 0 aliphatic rings. The summed E-state index contributed by atoms with van der Waals surface area (Å²) in [5, 5.41) is 4.43. The van der Waals surface area contributed by atoms with Crippen LogP contribution in [0.2, 0.25) is 0 Å². The van der Waals surface area contributed by atoms with Crippen molar-refractivity contribution in [2.45, 2.75) is 33.1 Å². The number of nitrogens with zero attached hydrogens (tertiary/aromatic N) is 1. The summed E-state index contributed by atoms with van der Waals surface area (Å²) in [6.07, 6.45) is 1.00. The molecule has 4 heteroatoms. The molecule has 31 heavy (non-hydrogen) atoms. The number of carbonyl (C=O) groups is 1. The minimum Gasteiger partial charge on any atom is -0.494 e. The molecule has 0 radical (unpaired) electrons. The van der Waals surface area contributed by atoms with Gasteiger partial charge in [0.1, 0.15) is 5.75 Å². The molecule has 0 fully saturated rings. The molecule has 0 heterocycles. The van der Waals surface area contributed by atoms with Crippen LogP contribution in [0.4, 0.5) is 0 Å². The first-order valence-corrected chi connectivity index (χ1v) is 10.7. The van der Waals surface area contributed by atoms with Gasteiger partial charge in [0.05, 0.1) is 6.61 Å². The van der Waals surface area contributed by atoms with Crippen LogP contribution in [0.1, 0.15) is 54.6 Å². The minimum atomic E-state index is -0.243. The van der Waals surface area contributed by atoms with Crippen molar-refractivity contribution in [2.24, 2.45) is 11.0 Å². The maximum Gasteiger partial charge on any atom is 0.271 e. The van der Waals surface area contributed by atoms with E-state index < -0.39 is 0 Å². The monoisotopic (exact) mass is 414 g/mol. The second-order valence-electron chi connectivity index (χ2n) is 8.00. The summed E-state index contributed by atoms with van der Waals surface area (Å²) in [6.45, 7) is 6.95. The Balaban J connectivity index is 1.69. The number of benzene rings is 3. The van der Waals surface area contributed by atoms with Gasteiger partial charge in [-0.3, -0.25) is 4.79 Å². The summed E-state index contributed by atoms with van der Waals surface area (Å²) >= 11 is 0. The lowest BCUT2D eigenvalue weighted by Gasteiger charge is -2.18. The minimum absolute atomic E-state index is 0.0283. The zero-order valence-electron chi connectivity index (χ0n) is 18.4. The fraction of sp³-hybridized carbons (Fsp3) is 0.259. The molecule has 0 spiro atoms. The van der Waals surface area contributed by atoms with E-state index in [1.165, 1.54) is 0 Å². The van der Waals surface area contributed by atoms with E-state index in [4.69, 9.17) is 4.74 Å². The zero-order chi connectivity index (χ0) is 22.1. The predicted molar refractivity (Wildman–Crippen MR) is 127 cm³/mol. The average molecular weight is 415 g/mol. The molecule has 0 aliphatic heterocycles. The van der Waals surface area contributed by atoms with Crippen molar-refractivity contribution in [1.82, 2.24) is 5.43 Å². The van der Waals surface area contributed by atoms with Gasteiger partial charge in [-0.15, -0.1) is 0 Å². The Labute approximate surface area is 185 Å². The van der Waals surface area contributed by atoms with Crippen LogP contribution >= 0.6 is 0 Å². The van der Waals surface area contributed by atoms with E-state index >= 15 is 0 Å². The Morgan fingerprint density at radius 3 is 1.94 bits per heavy atom. The lowest BCUT2D eigenvalue weighted by molar-refractivity contribution is 0.0954. The van der Waals surface area contributed by atoms with Crippen LogP contribution in [-0.4, -0.2) is 18.2 Å². The standard InChI is InChI=1S/C27H30N2O2/c1-20(2)18-19-31-25-16-14-24(15-17-25)27(30)29-28-21(3)26(22-10-6-4-7-11-22)23-12-8-5-9-13-23/h4-17,20,26H,18-19H2,1-3H3,(H,29,30)/b28-21+. The molecule has 3 rings (SSSR count). The fourth-order valence-electron chi connectivity index (χ4n) is 3.35. The fourth-order valence-corrected chi connectivity index (χ4v) is 3.35. The van der Waals surface area contributed by atoms with Gasteiger partial charge in [0.15, 0.2) is 0 Å². The third-order valence-electron chi connectivity index (χ3n) is 5.10. The smallest absolute Gasteiger partial charge is 0.271 e. The Kier molecular flexibility index (Phi) is 7.99. The van der Waals surface area contributed by atoms with Crippen LogP contribution < -0.4 is 10.2 Å². The number of rotatable bonds is 9. The molecule has 0 bridgehead atoms. The molecule has 4 nitrogen and oxygen atoms in total. The second-order valence-corrected chi connectivity index (χ2v) is 8.00. The summed E-state index contributed by atoms with van der Waals surface area (Å²) in [5.41, 5.74) is 6.33. The Hall–Kier alpha value is -3.40. The van der Waals surface area contributed by atoms with Gasteiger partial charge >= 0.3 is 0 Å². The van der Waals surface area contributed by atoms with E-state index in [-0.39, 0.29) is 11.8 Å². The summed E-state index contributed by atoms with van der Waals surface area (Å²) in [6, 6.07) is 27.5.